The Hall–Kier alpha value is -2.31. The van der Waals surface area contributed by atoms with Crippen LogP contribution in [0, 0.1) is 0 Å². The summed E-state index contributed by atoms with van der Waals surface area (Å²) in [6, 6.07) is 18.4. The van der Waals surface area contributed by atoms with Gasteiger partial charge in [-0.2, -0.15) is 11.8 Å². The molecule has 3 amide bonds. The molecule has 132 valence electrons. The number of hydrogen-bond acceptors (Lipinski definition) is 4. The minimum Gasteiger partial charge on any atom is -0.388 e. The predicted octanol–water partition coefficient (Wildman–Crippen LogP) is 2.87. The Kier molecular flexibility index (Phi) is 8.01. The SMILES string of the molecule is O=C(CCSCC(O)c1ccccc1)NC(=O)NCc1ccccc1. The predicted molar refractivity (Wildman–Crippen MR) is 100 cm³/mol. The van der Waals surface area contributed by atoms with Crippen LogP contribution in [0.5, 0.6) is 0 Å². The van der Waals surface area contributed by atoms with E-state index in [-0.39, 0.29) is 12.3 Å². The standard InChI is InChI=1S/C19H22N2O3S/c22-17(16-9-5-2-6-10-16)14-25-12-11-18(23)21-19(24)20-13-15-7-3-1-4-8-15/h1-10,17,22H,11-14H2,(H2,20,21,23,24). The fourth-order valence-electron chi connectivity index (χ4n) is 2.14. The van der Waals surface area contributed by atoms with Gasteiger partial charge in [0.2, 0.25) is 5.91 Å². The van der Waals surface area contributed by atoms with E-state index >= 15 is 0 Å². The van der Waals surface area contributed by atoms with Crippen LogP contribution in [0.3, 0.4) is 0 Å². The maximum Gasteiger partial charge on any atom is 0.321 e. The van der Waals surface area contributed by atoms with Crippen LogP contribution in [0.1, 0.15) is 23.7 Å². The second kappa shape index (κ2) is 10.5. The fraction of sp³-hybridized carbons (Fsp3) is 0.263. The van der Waals surface area contributed by atoms with Crippen LogP contribution in [0.2, 0.25) is 0 Å². The Balaban J connectivity index is 1.58. The number of benzene rings is 2. The summed E-state index contributed by atoms with van der Waals surface area (Å²) < 4.78 is 0. The lowest BCUT2D eigenvalue weighted by molar-refractivity contribution is -0.119. The molecular formula is C19H22N2O3S. The number of carbonyl (C=O) groups excluding carboxylic acids is 2. The van der Waals surface area contributed by atoms with Crippen molar-refractivity contribution in [3.05, 3.63) is 71.8 Å². The van der Waals surface area contributed by atoms with Gasteiger partial charge in [0, 0.05) is 24.5 Å². The summed E-state index contributed by atoms with van der Waals surface area (Å²) in [4.78, 5) is 23.4. The number of imide groups is 1. The van der Waals surface area contributed by atoms with Crippen molar-refractivity contribution >= 4 is 23.7 Å². The third-order valence-electron chi connectivity index (χ3n) is 3.48. The number of aliphatic hydroxyl groups excluding tert-OH is 1. The second-order valence-corrected chi connectivity index (χ2v) is 6.62. The maximum atomic E-state index is 11.7. The normalized spacial score (nSPS) is 11.6. The minimum atomic E-state index is -0.552. The van der Waals surface area contributed by atoms with E-state index in [1.807, 2.05) is 60.7 Å². The Morgan fingerprint density at radius 3 is 2.32 bits per heavy atom. The topological polar surface area (TPSA) is 78.4 Å². The van der Waals surface area contributed by atoms with Gasteiger partial charge in [-0.15, -0.1) is 0 Å². The lowest BCUT2D eigenvalue weighted by Gasteiger charge is -2.10. The lowest BCUT2D eigenvalue weighted by atomic mass is 10.1. The highest BCUT2D eigenvalue weighted by atomic mass is 32.2. The molecule has 0 radical (unpaired) electrons. The summed E-state index contributed by atoms with van der Waals surface area (Å²) in [7, 11) is 0. The van der Waals surface area contributed by atoms with Crippen molar-refractivity contribution in [2.45, 2.75) is 19.1 Å². The minimum absolute atomic E-state index is 0.227. The van der Waals surface area contributed by atoms with E-state index in [4.69, 9.17) is 0 Å². The van der Waals surface area contributed by atoms with Crippen molar-refractivity contribution in [3.63, 3.8) is 0 Å². The van der Waals surface area contributed by atoms with Crippen molar-refractivity contribution in [3.8, 4) is 0 Å². The third kappa shape index (κ3) is 7.41. The molecule has 0 aliphatic rings. The number of amides is 3. The maximum absolute atomic E-state index is 11.7. The van der Waals surface area contributed by atoms with Gasteiger partial charge in [0.05, 0.1) is 6.10 Å². The van der Waals surface area contributed by atoms with Gasteiger partial charge in [0.15, 0.2) is 0 Å². The summed E-state index contributed by atoms with van der Waals surface area (Å²) in [6.07, 6.45) is -0.325. The Bertz CT molecular complexity index is 665. The number of aliphatic hydroxyl groups is 1. The molecule has 3 N–H and O–H groups in total. The summed E-state index contributed by atoms with van der Waals surface area (Å²) >= 11 is 1.48. The monoisotopic (exact) mass is 358 g/mol. The molecule has 0 saturated heterocycles. The van der Waals surface area contributed by atoms with E-state index in [9.17, 15) is 14.7 Å². The molecule has 2 aromatic rings. The number of thioether (sulfide) groups is 1. The van der Waals surface area contributed by atoms with Gasteiger partial charge in [0.1, 0.15) is 0 Å². The van der Waals surface area contributed by atoms with Crippen molar-refractivity contribution in [2.24, 2.45) is 0 Å². The van der Waals surface area contributed by atoms with Gasteiger partial charge in [-0.25, -0.2) is 4.79 Å². The van der Waals surface area contributed by atoms with Crippen LogP contribution in [0.4, 0.5) is 4.79 Å². The first-order chi connectivity index (χ1) is 12.1. The first kappa shape index (κ1) is 19.0. The molecule has 0 aliphatic carbocycles. The molecule has 2 aromatic carbocycles. The zero-order chi connectivity index (χ0) is 17.9. The molecule has 0 spiro atoms. The van der Waals surface area contributed by atoms with Gasteiger partial charge in [-0.05, 0) is 11.1 Å². The van der Waals surface area contributed by atoms with E-state index < -0.39 is 12.1 Å². The number of rotatable bonds is 8. The van der Waals surface area contributed by atoms with Gasteiger partial charge in [-0.3, -0.25) is 10.1 Å². The Morgan fingerprint density at radius 1 is 1.00 bits per heavy atom. The first-order valence-corrected chi connectivity index (χ1v) is 9.23. The smallest absolute Gasteiger partial charge is 0.321 e. The first-order valence-electron chi connectivity index (χ1n) is 8.07. The number of urea groups is 1. The van der Waals surface area contributed by atoms with Crippen molar-refractivity contribution in [2.75, 3.05) is 11.5 Å². The molecule has 0 saturated carbocycles. The Morgan fingerprint density at radius 2 is 1.64 bits per heavy atom. The highest BCUT2D eigenvalue weighted by molar-refractivity contribution is 7.99. The van der Waals surface area contributed by atoms with E-state index in [1.54, 1.807) is 0 Å². The second-order valence-electron chi connectivity index (χ2n) is 5.47. The molecule has 5 nitrogen and oxygen atoms in total. The largest absolute Gasteiger partial charge is 0.388 e. The molecule has 25 heavy (non-hydrogen) atoms. The number of carbonyl (C=O) groups is 2. The van der Waals surface area contributed by atoms with E-state index in [1.165, 1.54) is 11.8 Å². The molecule has 6 heteroatoms. The molecule has 0 aromatic heterocycles. The van der Waals surface area contributed by atoms with Gasteiger partial charge in [-0.1, -0.05) is 60.7 Å². The van der Waals surface area contributed by atoms with Crippen LogP contribution in [-0.2, 0) is 11.3 Å². The summed E-state index contributed by atoms with van der Waals surface area (Å²) in [5, 5.41) is 15.0. The highest BCUT2D eigenvalue weighted by Gasteiger charge is 2.09. The van der Waals surface area contributed by atoms with Crippen LogP contribution in [-0.4, -0.2) is 28.6 Å². The zero-order valence-electron chi connectivity index (χ0n) is 13.9. The van der Waals surface area contributed by atoms with Crippen LogP contribution in [0.15, 0.2) is 60.7 Å². The van der Waals surface area contributed by atoms with E-state index in [2.05, 4.69) is 10.6 Å². The molecule has 0 fully saturated rings. The number of nitrogens with one attached hydrogen (secondary N) is 2. The van der Waals surface area contributed by atoms with E-state index in [0.717, 1.165) is 11.1 Å². The van der Waals surface area contributed by atoms with Crippen LogP contribution < -0.4 is 10.6 Å². The molecule has 2 rings (SSSR count). The third-order valence-corrected chi connectivity index (χ3v) is 4.53. The molecule has 1 atom stereocenters. The summed E-state index contributed by atoms with van der Waals surface area (Å²) in [5.74, 6) is 0.728. The highest BCUT2D eigenvalue weighted by Crippen LogP contribution is 2.18. The molecular weight excluding hydrogens is 336 g/mol. The van der Waals surface area contributed by atoms with Gasteiger partial charge >= 0.3 is 6.03 Å². The van der Waals surface area contributed by atoms with Gasteiger partial charge < -0.3 is 10.4 Å². The molecule has 0 heterocycles. The quantitative estimate of drug-likeness (QED) is 0.634. The zero-order valence-corrected chi connectivity index (χ0v) is 14.7. The molecule has 0 bridgehead atoms. The Labute approximate surface area is 151 Å². The molecule has 1 unspecified atom stereocenters. The average Bonchev–Trinajstić information content (AvgIpc) is 2.65. The van der Waals surface area contributed by atoms with E-state index in [0.29, 0.717) is 18.1 Å². The lowest BCUT2D eigenvalue weighted by Crippen LogP contribution is -2.39. The van der Waals surface area contributed by atoms with Crippen molar-refractivity contribution in [1.82, 2.24) is 10.6 Å². The van der Waals surface area contributed by atoms with Crippen LogP contribution >= 0.6 is 11.8 Å². The van der Waals surface area contributed by atoms with Crippen molar-refractivity contribution in [1.29, 1.82) is 0 Å². The number of hydrogen-bond donors (Lipinski definition) is 3. The summed E-state index contributed by atoms with van der Waals surface area (Å²) in [6.45, 7) is 0.373. The van der Waals surface area contributed by atoms with Crippen LogP contribution in [0.25, 0.3) is 0 Å². The summed E-state index contributed by atoms with van der Waals surface area (Å²) in [5.41, 5.74) is 1.83. The van der Waals surface area contributed by atoms with Gasteiger partial charge in [0.25, 0.3) is 0 Å². The average molecular weight is 358 g/mol. The molecule has 0 aliphatic heterocycles. The van der Waals surface area contributed by atoms with Crippen molar-refractivity contribution < 1.29 is 14.7 Å². The fourth-order valence-corrected chi connectivity index (χ4v) is 3.05.